The Balaban J connectivity index is 1.45. The van der Waals surface area contributed by atoms with Gasteiger partial charge in [-0.3, -0.25) is 9.59 Å². The molecule has 2 aromatic carbocycles. The molecule has 2 aromatic rings. The number of likely N-dealkylation sites (tertiary alicyclic amines) is 1. The quantitative estimate of drug-likeness (QED) is 0.781. The Morgan fingerprint density at radius 3 is 2.21 bits per heavy atom. The summed E-state index contributed by atoms with van der Waals surface area (Å²) in [6.45, 7) is 3.84. The number of carbonyl (C=O) groups excluding carboxylic acids is 2. The number of nitrogens with one attached hydrogen (secondary N) is 1. The van der Waals surface area contributed by atoms with Crippen molar-refractivity contribution in [3.63, 3.8) is 0 Å². The molecule has 154 valence electrons. The largest absolute Gasteiger partial charge is 0.497 e. The first kappa shape index (κ1) is 20.7. The van der Waals surface area contributed by atoms with Crippen molar-refractivity contribution < 1.29 is 19.1 Å². The monoisotopic (exact) mass is 396 g/mol. The van der Waals surface area contributed by atoms with Gasteiger partial charge < -0.3 is 19.7 Å². The van der Waals surface area contributed by atoms with Gasteiger partial charge in [0.25, 0.3) is 5.91 Å². The number of amides is 2. The van der Waals surface area contributed by atoms with Crippen LogP contribution in [0.3, 0.4) is 0 Å². The third kappa shape index (κ3) is 5.73. The summed E-state index contributed by atoms with van der Waals surface area (Å²) in [6.07, 6.45) is 1.90. The van der Waals surface area contributed by atoms with Crippen LogP contribution in [0.25, 0.3) is 0 Å². The summed E-state index contributed by atoms with van der Waals surface area (Å²) in [4.78, 5) is 26.9. The van der Waals surface area contributed by atoms with E-state index in [-0.39, 0.29) is 17.9 Å². The molecule has 2 amide bonds. The third-order valence-electron chi connectivity index (χ3n) is 5.12. The summed E-state index contributed by atoms with van der Waals surface area (Å²) in [7, 11) is 1.62. The van der Waals surface area contributed by atoms with Crippen LogP contribution in [0.4, 0.5) is 0 Å². The van der Waals surface area contributed by atoms with E-state index in [9.17, 15) is 9.59 Å². The number of nitrogens with zero attached hydrogens (tertiary/aromatic N) is 1. The molecule has 0 atom stereocenters. The zero-order chi connectivity index (χ0) is 20.6. The molecule has 29 heavy (non-hydrogen) atoms. The summed E-state index contributed by atoms with van der Waals surface area (Å²) in [5, 5.41) is 3.08. The van der Waals surface area contributed by atoms with Crippen LogP contribution >= 0.6 is 0 Å². The first-order valence-corrected chi connectivity index (χ1v) is 10.0. The van der Waals surface area contributed by atoms with Crippen LogP contribution in [0.5, 0.6) is 11.5 Å². The molecular formula is C23H28N2O4. The van der Waals surface area contributed by atoms with Gasteiger partial charge in [-0.2, -0.15) is 0 Å². The molecule has 1 fully saturated rings. The van der Waals surface area contributed by atoms with Crippen molar-refractivity contribution in [2.24, 2.45) is 0 Å². The second kappa shape index (κ2) is 9.96. The maximum absolute atomic E-state index is 12.6. The average molecular weight is 396 g/mol. The first-order valence-electron chi connectivity index (χ1n) is 10.0. The molecule has 1 heterocycles. The zero-order valence-electron chi connectivity index (χ0n) is 17.0. The fraction of sp³-hybridized carbons (Fsp3) is 0.391. The molecule has 0 aromatic heterocycles. The minimum Gasteiger partial charge on any atom is -0.497 e. The van der Waals surface area contributed by atoms with Crippen LogP contribution in [0, 0.1) is 0 Å². The third-order valence-corrected chi connectivity index (χ3v) is 5.12. The van der Waals surface area contributed by atoms with E-state index in [0.29, 0.717) is 31.7 Å². The lowest BCUT2D eigenvalue weighted by Gasteiger charge is -2.32. The van der Waals surface area contributed by atoms with Crippen LogP contribution in [-0.4, -0.2) is 49.6 Å². The Bertz CT molecular complexity index is 810. The van der Waals surface area contributed by atoms with Crippen LogP contribution in [-0.2, 0) is 11.2 Å². The summed E-state index contributed by atoms with van der Waals surface area (Å²) in [5.74, 6) is 1.57. The van der Waals surface area contributed by atoms with Crippen molar-refractivity contribution in [3.8, 4) is 11.5 Å². The van der Waals surface area contributed by atoms with Gasteiger partial charge in [0.05, 0.1) is 20.1 Å². The van der Waals surface area contributed by atoms with E-state index in [1.807, 2.05) is 36.1 Å². The Morgan fingerprint density at radius 1 is 1.00 bits per heavy atom. The predicted molar refractivity (Wildman–Crippen MR) is 111 cm³/mol. The van der Waals surface area contributed by atoms with Crippen molar-refractivity contribution >= 4 is 11.8 Å². The van der Waals surface area contributed by atoms with Gasteiger partial charge in [-0.1, -0.05) is 12.1 Å². The average Bonchev–Trinajstić information content (AvgIpc) is 2.75. The van der Waals surface area contributed by atoms with Gasteiger partial charge in [0.2, 0.25) is 5.91 Å². The predicted octanol–water partition coefficient (Wildman–Crippen LogP) is 3.06. The molecule has 3 rings (SSSR count). The molecule has 1 aliphatic heterocycles. The van der Waals surface area contributed by atoms with Crippen molar-refractivity contribution in [3.05, 3.63) is 59.7 Å². The molecule has 6 nitrogen and oxygen atoms in total. The van der Waals surface area contributed by atoms with E-state index in [0.717, 1.165) is 29.9 Å². The van der Waals surface area contributed by atoms with E-state index in [1.54, 1.807) is 31.4 Å². The Labute approximate surface area is 171 Å². The highest BCUT2D eigenvalue weighted by atomic mass is 16.5. The van der Waals surface area contributed by atoms with E-state index < -0.39 is 0 Å². The number of ether oxygens (including phenoxy) is 2. The molecule has 0 radical (unpaired) electrons. The molecule has 1 saturated heterocycles. The normalized spacial score (nSPS) is 14.3. The SMILES string of the molecule is CCOc1ccc(C(=O)NC2CCN(C(=O)Cc3ccc(OC)cc3)CC2)cc1. The highest BCUT2D eigenvalue weighted by Gasteiger charge is 2.24. The van der Waals surface area contributed by atoms with Crippen LogP contribution in [0.2, 0.25) is 0 Å². The molecule has 1 aliphatic rings. The van der Waals surface area contributed by atoms with Gasteiger partial charge in [0.1, 0.15) is 11.5 Å². The highest BCUT2D eigenvalue weighted by Crippen LogP contribution is 2.16. The fourth-order valence-electron chi connectivity index (χ4n) is 3.44. The number of piperidine rings is 1. The van der Waals surface area contributed by atoms with Gasteiger partial charge in [-0.15, -0.1) is 0 Å². The van der Waals surface area contributed by atoms with Crippen LogP contribution < -0.4 is 14.8 Å². The summed E-state index contributed by atoms with van der Waals surface area (Å²) in [5.41, 5.74) is 1.59. The molecule has 1 N–H and O–H groups in total. The highest BCUT2D eigenvalue weighted by molar-refractivity contribution is 5.94. The zero-order valence-corrected chi connectivity index (χ0v) is 17.0. The van der Waals surface area contributed by atoms with E-state index in [2.05, 4.69) is 5.32 Å². The van der Waals surface area contributed by atoms with Crippen LogP contribution in [0.15, 0.2) is 48.5 Å². The van der Waals surface area contributed by atoms with Crippen molar-refractivity contribution in [1.29, 1.82) is 0 Å². The van der Waals surface area contributed by atoms with Crippen LogP contribution in [0.1, 0.15) is 35.7 Å². The summed E-state index contributed by atoms with van der Waals surface area (Å²) < 4.78 is 10.5. The van der Waals surface area contributed by atoms with E-state index >= 15 is 0 Å². The molecule has 0 bridgehead atoms. The van der Waals surface area contributed by atoms with Gasteiger partial charge in [-0.25, -0.2) is 0 Å². The number of benzene rings is 2. The number of hydrogen-bond donors (Lipinski definition) is 1. The lowest BCUT2D eigenvalue weighted by atomic mass is 10.0. The van der Waals surface area contributed by atoms with Gasteiger partial charge in [0, 0.05) is 24.7 Å². The maximum atomic E-state index is 12.6. The topological polar surface area (TPSA) is 67.9 Å². The molecule has 6 heteroatoms. The minimum atomic E-state index is -0.0870. The Hall–Kier alpha value is -3.02. The van der Waals surface area contributed by atoms with E-state index in [1.165, 1.54) is 0 Å². The minimum absolute atomic E-state index is 0.0825. The smallest absolute Gasteiger partial charge is 0.251 e. The van der Waals surface area contributed by atoms with Crippen molar-refractivity contribution in [2.75, 3.05) is 26.8 Å². The standard InChI is InChI=1S/C23H28N2O4/c1-3-29-21-10-6-18(7-11-21)23(27)24-19-12-14-25(15-13-19)22(26)16-17-4-8-20(28-2)9-5-17/h4-11,19H,3,12-16H2,1-2H3,(H,24,27). The lowest BCUT2D eigenvalue weighted by molar-refractivity contribution is -0.131. The van der Waals surface area contributed by atoms with Gasteiger partial charge >= 0.3 is 0 Å². The fourth-order valence-corrected chi connectivity index (χ4v) is 3.44. The second-order valence-corrected chi connectivity index (χ2v) is 7.11. The maximum Gasteiger partial charge on any atom is 0.251 e. The number of hydrogen-bond acceptors (Lipinski definition) is 4. The molecular weight excluding hydrogens is 368 g/mol. The Kier molecular flexibility index (Phi) is 7.11. The number of carbonyl (C=O) groups is 2. The van der Waals surface area contributed by atoms with E-state index in [4.69, 9.17) is 9.47 Å². The van der Waals surface area contributed by atoms with Gasteiger partial charge in [0.15, 0.2) is 0 Å². The molecule has 0 unspecified atom stereocenters. The van der Waals surface area contributed by atoms with Gasteiger partial charge in [-0.05, 0) is 61.7 Å². The van der Waals surface area contributed by atoms with Crippen molar-refractivity contribution in [1.82, 2.24) is 10.2 Å². The first-order chi connectivity index (χ1) is 14.1. The van der Waals surface area contributed by atoms with Crippen molar-refractivity contribution in [2.45, 2.75) is 32.2 Å². The number of rotatable bonds is 7. The lowest BCUT2D eigenvalue weighted by Crippen LogP contribution is -2.46. The molecule has 0 aliphatic carbocycles. The Morgan fingerprint density at radius 2 is 1.62 bits per heavy atom. The molecule has 0 saturated carbocycles. The second-order valence-electron chi connectivity index (χ2n) is 7.11. The summed E-state index contributed by atoms with van der Waals surface area (Å²) >= 11 is 0. The molecule has 0 spiro atoms. The summed E-state index contributed by atoms with van der Waals surface area (Å²) in [6, 6.07) is 14.8. The number of methoxy groups -OCH3 is 1.